The zero-order chi connectivity index (χ0) is 22.2. The van der Waals surface area contributed by atoms with Crippen LogP contribution >= 0.6 is 0 Å². The van der Waals surface area contributed by atoms with Gasteiger partial charge in [0.1, 0.15) is 0 Å². The van der Waals surface area contributed by atoms with Crippen molar-refractivity contribution in [3.8, 4) is 0 Å². The number of aliphatic hydroxyl groups excluding tert-OH is 1. The van der Waals surface area contributed by atoms with Gasteiger partial charge >= 0.3 is 0 Å². The summed E-state index contributed by atoms with van der Waals surface area (Å²) in [4.78, 5) is 39.2. The summed E-state index contributed by atoms with van der Waals surface area (Å²) in [5.74, 6) is -2.39. The molecule has 2 amide bonds. The molecule has 32 heavy (non-hydrogen) atoms. The van der Waals surface area contributed by atoms with Crippen molar-refractivity contribution in [2.24, 2.45) is 11.8 Å². The standard InChI is InChI=1S/C25H18N2O5/c28-13-25-18-7-3-1-5-16(18)20(17-6-2-4-8-19(17)25)21-22(25)24(30)26(23(21)29)14-9-11-15(12-10-14)27(31)32/h1-12,20-22,28H,13H2/t20?,21-,22+,25?/m0/s1. The lowest BCUT2D eigenvalue weighted by molar-refractivity contribution is -0.384. The number of hydrogen-bond acceptors (Lipinski definition) is 5. The number of benzene rings is 3. The molecule has 1 fully saturated rings. The Labute approximate surface area is 183 Å². The number of rotatable bonds is 3. The minimum Gasteiger partial charge on any atom is -0.395 e. The Balaban J connectivity index is 1.58. The van der Waals surface area contributed by atoms with E-state index in [0.717, 1.165) is 27.2 Å². The Morgan fingerprint density at radius 2 is 1.44 bits per heavy atom. The second-order valence-corrected chi connectivity index (χ2v) is 8.57. The molecule has 0 unspecified atom stereocenters. The van der Waals surface area contributed by atoms with Crippen LogP contribution in [-0.2, 0) is 15.0 Å². The van der Waals surface area contributed by atoms with Gasteiger partial charge in [0.05, 0.1) is 34.5 Å². The summed E-state index contributed by atoms with van der Waals surface area (Å²) in [5.41, 5.74) is 2.88. The first-order valence-corrected chi connectivity index (χ1v) is 10.4. The van der Waals surface area contributed by atoms with Crippen molar-refractivity contribution in [2.75, 3.05) is 11.5 Å². The summed E-state index contributed by atoms with van der Waals surface area (Å²) in [6, 6.07) is 20.9. The summed E-state index contributed by atoms with van der Waals surface area (Å²) in [7, 11) is 0. The van der Waals surface area contributed by atoms with E-state index >= 15 is 0 Å². The van der Waals surface area contributed by atoms with E-state index in [2.05, 4.69) is 0 Å². The third kappa shape index (κ3) is 2.08. The van der Waals surface area contributed by atoms with Crippen LogP contribution in [0.5, 0.6) is 0 Å². The van der Waals surface area contributed by atoms with Crippen molar-refractivity contribution < 1.29 is 19.6 Å². The topological polar surface area (TPSA) is 101 Å². The molecule has 1 saturated heterocycles. The molecule has 7 nitrogen and oxygen atoms in total. The minimum atomic E-state index is -1.02. The number of carbonyl (C=O) groups is 2. The van der Waals surface area contributed by atoms with Crippen LogP contribution in [0.15, 0.2) is 72.8 Å². The van der Waals surface area contributed by atoms with Crippen molar-refractivity contribution in [1.29, 1.82) is 0 Å². The van der Waals surface area contributed by atoms with Gasteiger partial charge in [0.25, 0.3) is 5.69 Å². The Hall–Kier alpha value is -3.84. The second-order valence-electron chi connectivity index (χ2n) is 8.57. The fourth-order valence-corrected chi connectivity index (χ4v) is 6.18. The van der Waals surface area contributed by atoms with Crippen LogP contribution in [0.3, 0.4) is 0 Å². The van der Waals surface area contributed by atoms with E-state index in [1.807, 2.05) is 48.5 Å². The number of anilines is 1. The number of nitro benzene ring substituents is 1. The lowest BCUT2D eigenvalue weighted by Gasteiger charge is -2.53. The van der Waals surface area contributed by atoms with Gasteiger partial charge in [0.2, 0.25) is 11.8 Å². The van der Waals surface area contributed by atoms with Crippen LogP contribution in [0.1, 0.15) is 28.2 Å². The zero-order valence-electron chi connectivity index (χ0n) is 16.8. The summed E-state index contributed by atoms with van der Waals surface area (Å²) < 4.78 is 0. The van der Waals surface area contributed by atoms with E-state index < -0.39 is 22.2 Å². The van der Waals surface area contributed by atoms with E-state index in [1.165, 1.54) is 24.3 Å². The monoisotopic (exact) mass is 426 g/mol. The van der Waals surface area contributed by atoms with Crippen molar-refractivity contribution >= 4 is 23.2 Å². The van der Waals surface area contributed by atoms with Gasteiger partial charge in [0.15, 0.2) is 0 Å². The number of aliphatic hydroxyl groups is 1. The number of non-ortho nitro benzene ring substituents is 1. The molecule has 3 aromatic carbocycles. The molecule has 1 aliphatic heterocycles. The third-order valence-corrected chi connectivity index (χ3v) is 7.36. The molecule has 2 bridgehead atoms. The van der Waals surface area contributed by atoms with Crippen molar-refractivity contribution in [2.45, 2.75) is 11.3 Å². The number of amides is 2. The van der Waals surface area contributed by atoms with Crippen LogP contribution in [0, 0.1) is 22.0 Å². The molecule has 3 aromatic rings. The maximum Gasteiger partial charge on any atom is 0.269 e. The van der Waals surface area contributed by atoms with E-state index in [4.69, 9.17) is 0 Å². The fourth-order valence-electron chi connectivity index (χ4n) is 6.18. The molecule has 7 heteroatoms. The molecule has 0 aromatic heterocycles. The normalized spacial score (nSPS) is 27.2. The molecule has 7 rings (SSSR count). The molecular weight excluding hydrogens is 408 g/mol. The molecule has 4 aliphatic rings. The Morgan fingerprint density at radius 1 is 0.875 bits per heavy atom. The van der Waals surface area contributed by atoms with Crippen LogP contribution in [0.4, 0.5) is 11.4 Å². The highest BCUT2D eigenvalue weighted by atomic mass is 16.6. The van der Waals surface area contributed by atoms with Gasteiger partial charge < -0.3 is 5.11 Å². The number of carbonyl (C=O) groups excluding carboxylic acids is 2. The van der Waals surface area contributed by atoms with Gasteiger partial charge in [-0.25, -0.2) is 4.90 Å². The Bertz CT molecular complexity index is 1270. The summed E-state index contributed by atoms with van der Waals surface area (Å²) >= 11 is 0. The minimum absolute atomic E-state index is 0.114. The SMILES string of the molecule is O=C1[C@H]2C3c4ccccc4C(CO)(c4ccccc43)[C@H]2C(=O)N1c1ccc([N+](=O)[O-])cc1. The second kappa shape index (κ2) is 6.34. The van der Waals surface area contributed by atoms with Gasteiger partial charge in [-0.15, -0.1) is 0 Å². The highest BCUT2D eigenvalue weighted by Gasteiger charge is 2.68. The van der Waals surface area contributed by atoms with Crippen LogP contribution in [-0.4, -0.2) is 28.5 Å². The Kier molecular flexibility index (Phi) is 3.74. The number of hydrogen-bond donors (Lipinski definition) is 1. The quantitative estimate of drug-likeness (QED) is 0.394. The predicted molar refractivity (Wildman–Crippen MR) is 115 cm³/mol. The van der Waals surface area contributed by atoms with Gasteiger partial charge in [-0.1, -0.05) is 48.5 Å². The van der Waals surface area contributed by atoms with Crippen molar-refractivity contribution in [3.05, 3.63) is 105 Å². The first-order valence-electron chi connectivity index (χ1n) is 10.4. The van der Waals surface area contributed by atoms with Crippen molar-refractivity contribution in [3.63, 3.8) is 0 Å². The highest BCUT2D eigenvalue weighted by Crippen LogP contribution is 2.64. The predicted octanol–water partition coefficient (Wildman–Crippen LogP) is 3.14. The molecule has 158 valence electrons. The number of nitrogens with zero attached hydrogens (tertiary/aromatic N) is 2. The molecule has 2 atom stereocenters. The van der Waals surface area contributed by atoms with Crippen LogP contribution < -0.4 is 4.90 Å². The van der Waals surface area contributed by atoms with Gasteiger partial charge in [-0.05, 0) is 34.4 Å². The lowest BCUT2D eigenvalue weighted by Crippen LogP contribution is -2.55. The summed E-state index contributed by atoms with van der Waals surface area (Å²) in [6.07, 6.45) is 0. The maximum atomic E-state index is 13.8. The average Bonchev–Trinajstić information content (AvgIpc) is 3.10. The molecule has 0 saturated carbocycles. The van der Waals surface area contributed by atoms with Gasteiger partial charge in [0, 0.05) is 18.1 Å². The van der Waals surface area contributed by atoms with Gasteiger partial charge in [-0.3, -0.25) is 19.7 Å². The van der Waals surface area contributed by atoms with E-state index in [-0.39, 0.29) is 30.0 Å². The smallest absolute Gasteiger partial charge is 0.269 e. The largest absolute Gasteiger partial charge is 0.395 e. The van der Waals surface area contributed by atoms with Crippen molar-refractivity contribution in [1.82, 2.24) is 0 Å². The van der Waals surface area contributed by atoms with Crippen LogP contribution in [0.25, 0.3) is 0 Å². The molecule has 3 aliphatic carbocycles. The fraction of sp³-hybridized carbons (Fsp3) is 0.200. The molecular formula is C25H18N2O5. The summed E-state index contributed by atoms with van der Waals surface area (Å²) in [5, 5.41) is 21.8. The Morgan fingerprint density at radius 3 is 1.97 bits per heavy atom. The third-order valence-electron chi connectivity index (χ3n) is 7.36. The first kappa shape index (κ1) is 18.9. The van der Waals surface area contributed by atoms with E-state index in [9.17, 15) is 24.8 Å². The number of nitro groups is 1. The highest BCUT2D eigenvalue weighted by molar-refractivity contribution is 6.23. The molecule has 0 radical (unpaired) electrons. The first-order chi connectivity index (χ1) is 15.5. The maximum absolute atomic E-state index is 13.8. The van der Waals surface area contributed by atoms with E-state index in [1.54, 1.807) is 0 Å². The zero-order valence-corrected chi connectivity index (χ0v) is 16.8. The molecule has 0 spiro atoms. The molecule has 1 heterocycles. The molecule has 1 N–H and O–H groups in total. The number of imide groups is 1. The average molecular weight is 426 g/mol. The lowest BCUT2D eigenvalue weighted by atomic mass is 9.47. The van der Waals surface area contributed by atoms with E-state index in [0.29, 0.717) is 5.69 Å². The van der Waals surface area contributed by atoms with Gasteiger partial charge in [-0.2, -0.15) is 0 Å². The summed E-state index contributed by atoms with van der Waals surface area (Å²) in [6.45, 7) is -0.304. The van der Waals surface area contributed by atoms with Crippen LogP contribution in [0.2, 0.25) is 0 Å².